The molecule has 0 saturated heterocycles. The molecule has 0 radical (unpaired) electrons. The molecule has 0 bridgehead atoms. The summed E-state index contributed by atoms with van der Waals surface area (Å²) in [4.78, 5) is 0. The Morgan fingerprint density at radius 2 is 1.90 bits per heavy atom. The van der Waals surface area contributed by atoms with E-state index >= 15 is 0 Å². The second-order valence-electron chi connectivity index (χ2n) is 4.47. The highest BCUT2D eigenvalue weighted by Gasteiger charge is 2.07. The number of ether oxygens (including phenoxy) is 1. The van der Waals surface area contributed by atoms with Crippen molar-refractivity contribution in [1.82, 2.24) is 5.16 Å². The first-order valence-electron chi connectivity index (χ1n) is 6.49. The molecule has 21 heavy (non-hydrogen) atoms. The molecule has 0 unspecified atom stereocenters. The Morgan fingerprint density at radius 1 is 1.05 bits per heavy atom. The minimum absolute atomic E-state index is 0.273. The molecule has 4 heteroatoms. The number of aromatic nitrogens is 1. The van der Waals surface area contributed by atoms with Gasteiger partial charge in [-0.05, 0) is 18.2 Å². The molecule has 3 aromatic rings. The summed E-state index contributed by atoms with van der Waals surface area (Å²) in [5, 5.41) is 12.9. The minimum atomic E-state index is 0.273. The largest absolute Gasteiger partial charge is 0.486 e. The van der Waals surface area contributed by atoms with Crippen LogP contribution in [0, 0.1) is 11.3 Å². The average molecular weight is 276 g/mol. The summed E-state index contributed by atoms with van der Waals surface area (Å²) in [6, 6.07) is 20.7. The summed E-state index contributed by atoms with van der Waals surface area (Å²) in [7, 11) is 0. The third-order valence-corrected chi connectivity index (χ3v) is 2.97. The molecule has 4 nitrogen and oxygen atoms in total. The zero-order valence-electron chi connectivity index (χ0n) is 11.2. The second-order valence-corrected chi connectivity index (χ2v) is 4.47. The van der Waals surface area contributed by atoms with E-state index in [0.29, 0.717) is 17.1 Å². The molecule has 1 aromatic heterocycles. The predicted octanol–water partition coefficient (Wildman–Crippen LogP) is 3.79. The predicted molar refractivity (Wildman–Crippen MR) is 77.4 cm³/mol. The molecule has 0 fully saturated rings. The molecule has 0 amide bonds. The van der Waals surface area contributed by atoms with Gasteiger partial charge < -0.3 is 9.26 Å². The lowest BCUT2D eigenvalue weighted by molar-refractivity contribution is 0.249. The van der Waals surface area contributed by atoms with Crippen LogP contribution in [-0.4, -0.2) is 5.16 Å². The van der Waals surface area contributed by atoms with E-state index in [0.717, 1.165) is 11.3 Å². The Bertz CT molecular complexity index is 773. The second kappa shape index (κ2) is 5.93. The smallest absolute Gasteiger partial charge is 0.174 e. The molecule has 0 atom stereocenters. The first kappa shape index (κ1) is 12.9. The standard InChI is InChI=1S/C17H12N2O2/c18-11-13-5-4-8-15(9-13)20-12-16-10-17(19-21-16)14-6-2-1-3-7-14/h1-10H,12H2. The Labute approximate surface area is 122 Å². The van der Waals surface area contributed by atoms with Crippen LogP contribution in [-0.2, 0) is 6.61 Å². The molecule has 0 aliphatic rings. The van der Waals surface area contributed by atoms with Crippen molar-refractivity contribution < 1.29 is 9.26 Å². The van der Waals surface area contributed by atoms with Crippen LogP contribution >= 0.6 is 0 Å². The van der Waals surface area contributed by atoms with Crippen LogP contribution in [0.5, 0.6) is 5.75 Å². The SMILES string of the molecule is N#Cc1cccc(OCc2cc(-c3ccccc3)no2)c1. The number of nitriles is 1. The van der Waals surface area contributed by atoms with Crippen molar-refractivity contribution in [3.05, 3.63) is 72.0 Å². The van der Waals surface area contributed by atoms with Gasteiger partial charge in [0, 0.05) is 11.6 Å². The molecule has 1 heterocycles. The van der Waals surface area contributed by atoms with E-state index in [-0.39, 0.29) is 6.61 Å². The summed E-state index contributed by atoms with van der Waals surface area (Å²) >= 11 is 0. The molecule has 0 aliphatic carbocycles. The highest BCUT2D eigenvalue weighted by atomic mass is 16.5. The van der Waals surface area contributed by atoms with Gasteiger partial charge in [0.2, 0.25) is 0 Å². The molecule has 3 rings (SSSR count). The Hall–Kier alpha value is -3.06. The van der Waals surface area contributed by atoms with E-state index in [1.54, 1.807) is 24.3 Å². The number of hydrogen-bond donors (Lipinski definition) is 0. The molecule has 0 spiro atoms. The van der Waals surface area contributed by atoms with Gasteiger partial charge in [-0.15, -0.1) is 0 Å². The van der Waals surface area contributed by atoms with Crippen LogP contribution in [0.25, 0.3) is 11.3 Å². The molecular weight excluding hydrogens is 264 g/mol. The zero-order valence-corrected chi connectivity index (χ0v) is 11.2. The quantitative estimate of drug-likeness (QED) is 0.727. The van der Waals surface area contributed by atoms with Crippen LogP contribution in [0.2, 0.25) is 0 Å². The summed E-state index contributed by atoms with van der Waals surface area (Å²) < 4.78 is 10.9. The van der Waals surface area contributed by atoms with Gasteiger partial charge in [-0.25, -0.2) is 0 Å². The third kappa shape index (κ3) is 3.10. The highest BCUT2D eigenvalue weighted by molar-refractivity contribution is 5.58. The Kier molecular flexibility index (Phi) is 3.66. The first-order chi connectivity index (χ1) is 10.3. The maximum absolute atomic E-state index is 8.84. The number of nitrogens with zero attached hydrogens (tertiary/aromatic N) is 2. The molecular formula is C17H12N2O2. The normalized spacial score (nSPS) is 10.0. The van der Waals surface area contributed by atoms with Gasteiger partial charge >= 0.3 is 0 Å². The van der Waals surface area contributed by atoms with E-state index < -0.39 is 0 Å². The van der Waals surface area contributed by atoms with Crippen LogP contribution in [0.1, 0.15) is 11.3 Å². The van der Waals surface area contributed by atoms with Crippen molar-refractivity contribution in [3.8, 4) is 23.1 Å². The zero-order chi connectivity index (χ0) is 14.5. The summed E-state index contributed by atoms with van der Waals surface area (Å²) in [5.74, 6) is 1.27. The molecule has 0 aliphatic heterocycles. The molecule has 0 saturated carbocycles. The third-order valence-electron chi connectivity index (χ3n) is 2.97. The minimum Gasteiger partial charge on any atom is -0.486 e. The lowest BCUT2D eigenvalue weighted by atomic mass is 10.1. The maximum Gasteiger partial charge on any atom is 0.174 e. The summed E-state index contributed by atoms with van der Waals surface area (Å²) in [6.45, 7) is 0.273. The van der Waals surface area contributed by atoms with Crippen molar-refractivity contribution in [2.75, 3.05) is 0 Å². The lowest BCUT2D eigenvalue weighted by Gasteiger charge is -2.02. The fourth-order valence-corrected chi connectivity index (χ4v) is 1.94. The van der Waals surface area contributed by atoms with Gasteiger partial charge in [0.25, 0.3) is 0 Å². The summed E-state index contributed by atoms with van der Waals surface area (Å²) in [5.41, 5.74) is 2.34. The number of hydrogen-bond acceptors (Lipinski definition) is 4. The monoisotopic (exact) mass is 276 g/mol. The van der Waals surface area contributed by atoms with Gasteiger partial charge in [0.15, 0.2) is 5.76 Å². The Balaban J connectivity index is 1.69. The van der Waals surface area contributed by atoms with Gasteiger partial charge in [-0.2, -0.15) is 5.26 Å². The number of rotatable bonds is 4. The average Bonchev–Trinajstić information content (AvgIpc) is 3.03. The lowest BCUT2D eigenvalue weighted by Crippen LogP contribution is -1.93. The van der Waals surface area contributed by atoms with Gasteiger partial charge in [0.1, 0.15) is 18.1 Å². The molecule has 0 N–H and O–H groups in total. The fourth-order valence-electron chi connectivity index (χ4n) is 1.94. The van der Waals surface area contributed by atoms with E-state index in [1.165, 1.54) is 0 Å². The van der Waals surface area contributed by atoms with Crippen molar-refractivity contribution in [2.24, 2.45) is 0 Å². The molecule has 102 valence electrons. The van der Waals surface area contributed by atoms with Crippen LogP contribution in [0.4, 0.5) is 0 Å². The van der Waals surface area contributed by atoms with E-state index in [9.17, 15) is 0 Å². The number of benzene rings is 2. The van der Waals surface area contributed by atoms with Crippen LogP contribution in [0.3, 0.4) is 0 Å². The van der Waals surface area contributed by atoms with Crippen LogP contribution < -0.4 is 4.74 Å². The molecule has 2 aromatic carbocycles. The van der Waals surface area contributed by atoms with Crippen LogP contribution in [0.15, 0.2) is 65.2 Å². The van der Waals surface area contributed by atoms with Gasteiger partial charge in [-0.3, -0.25) is 0 Å². The summed E-state index contributed by atoms with van der Waals surface area (Å²) in [6.07, 6.45) is 0. The van der Waals surface area contributed by atoms with E-state index in [4.69, 9.17) is 14.5 Å². The Morgan fingerprint density at radius 3 is 2.71 bits per heavy atom. The van der Waals surface area contributed by atoms with Crippen molar-refractivity contribution in [3.63, 3.8) is 0 Å². The fraction of sp³-hybridized carbons (Fsp3) is 0.0588. The van der Waals surface area contributed by atoms with Gasteiger partial charge in [-0.1, -0.05) is 41.6 Å². The van der Waals surface area contributed by atoms with Crippen molar-refractivity contribution in [1.29, 1.82) is 5.26 Å². The highest BCUT2D eigenvalue weighted by Crippen LogP contribution is 2.20. The maximum atomic E-state index is 8.84. The van der Waals surface area contributed by atoms with Crippen molar-refractivity contribution in [2.45, 2.75) is 6.61 Å². The van der Waals surface area contributed by atoms with Crippen molar-refractivity contribution >= 4 is 0 Å². The van der Waals surface area contributed by atoms with E-state index in [1.807, 2.05) is 36.4 Å². The first-order valence-corrected chi connectivity index (χ1v) is 6.49. The topological polar surface area (TPSA) is 59.0 Å². The van der Waals surface area contributed by atoms with Gasteiger partial charge in [0.05, 0.1) is 11.6 Å². The van der Waals surface area contributed by atoms with E-state index in [2.05, 4.69) is 11.2 Å².